The molecule has 114 valence electrons. The molecule has 0 atom stereocenters. The van der Waals surface area contributed by atoms with E-state index in [4.69, 9.17) is 4.74 Å². The maximum Gasteiger partial charge on any atom is 0.252 e. The Kier molecular flexibility index (Phi) is 2.99. The summed E-state index contributed by atoms with van der Waals surface area (Å²) in [6, 6.07) is 4.91. The summed E-state index contributed by atoms with van der Waals surface area (Å²) in [5, 5.41) is 10.6. The predicted octanol–water partition coefficient (Wildman–Crippen LogP) is 3.73. The second-order valence-electron chi connectivity index (χ2n) is 6.33. The Morgan fingerprint density at radius 1 is 1.14 bits per heavy atom. The number of aromatic nitrogens is 1. The van der Waals surface area contributed by atoms with Crippen molar-refractivity contribution in [2.75, 3.05) is 0 Å². The summed E-state index contributed by atoms with van der Waals surface area (Å²) in [6.07, 6.45) is 11.2. The molecule has 0 unspecified atom stereocenters. The average Bonchev–Trinajstić information content (AvgIpc) is 2.72. The highest BCUT2D eigenvalue weighted by molar-refractivity contribution is 5.94. The van der Waals surface area contributed by atoms with Crippen molar-refractivity contribution >= 4 is 17.0 Å². The van der Waals surface area contributed by atoms with E-state index in [1.54, 1.807) is 0 Å². The standard InChI is InChI=1S/C18H19NO3/c20-14-11-16(21)19-17-12(14)5-6-15-13(17)7-10-18(22-15)8-3-1-2-4-9-18/h5-7,10-11H,1-4,8-9H2,(H2,19,20,21). The summed E-state index contributed by atoms with van der Waals surface area (Å²) in [5.41, 5.74) is 0.984. The van der Waals surface area contributed by atoms with Crippen molar-refractivity contribution < 1.29 is 9.84 Å². The molecule has 0 bridgehead atoms. The number of fused-ring (bicyclic) bond motifs is 3. The van der Waals surface area contributed by atoms with Gasteiger partial charge in [0.05, 0.1) is 5.52 Å². The molecule has 1 saturated carbocycles. The van der Waals surface area contributed by atoms with Crippen LogP contribution in [0.5, 0.6) is 11.5 Å². The van der Waals surface area contributed by atoms with Gasteiger partial charge in [-0.25, -0.2) is 0 Å². The van der Waals surface area contributed by atoms with Crippen LogP contribution < -0.4 is 10.3 Å². The molecule has 1 fully saturated rings. The molecule has 1 aromatic heterocycles. The fourth-order valence-electron chi connectivity index (χ4n) is 3.65. The van der Waals surface area contributed by atoms with E-state index in [1.165, 1.54) is 31.7 Å². The number of benzene rings is 1. The van der Waals surface area contributed by atoms with Gasteiger partial charge in [0.1, 0.15) is 17.1 Å². The molecule has 1 spiro atoms. The van der Waals surface area contributed by atoms with Crippen molar-refractivity contribution in [3.8, 4) is 11.5 Å². The van der Waals surface area contributed by atoms with Gasteiger partial charge in [-0.05, 0) is 50.0 Å². The third-order valence-corrected chi connectivity index (χ3v) is 4.81. The second kappa shape index (κ2) is 4.90. The average molecular weight is 297 g/mol. The first-order chi connectivity index (χ1) is 10.7. The number of pyridine rings is 1. The van der Waals surface area contributed by atoms with Crippen LogP contribution >= 0.6 is 0 Å². The monoisotopic (exact) mass is 297 g/mol. The fourth-order valence-corrected chi connectivity index (χ4v) is 3.65. The number of hydrogen-bond acceptors (Lipinski definition) is 3. The maximum absolute atomic E-state index is 11.7. The summed E-state index contributed by atoms with van der Waals surface area (Å²) in [4.78, 5) is 14.5. The molecule has 2 N–H and O–H groups in total. The number of hydrogen-bond donors (Lipinski definition) is 2. The van der Waals surface area contributed by atoms with Crippen LogP contribution in [0.2, 0.25) is 0 Å². The Hall–Kier alpha value is -2.23. The third kappa shape index (κ3) is 2.10. The Labute approximate surface area is 128 Å². The van der Waals surface area contributed by atoms with Crippen LogP contribution in [0.15, 0.2) is 29.1 Å². The van der Waals surface area contributed by atoms with Gasteiger partial charge in [-0.2, -0.15) is 0 Å². The number of nitrogens with one attached hydrogen (secondary N) is 1. The Morgan fingerprint density at radius 2 is 1.91 bits per heavy atom. The lowest BCUT2D eigenvalue weighted by molar-refractivity contribution is 0.100. The molecule has 0 amide bonds. The van der Waals surface area contributed by atoms with Gasteiger partial charge < -0.3 is 14.8 Å². The highest BCUT2D eigenvalue weighted by Gasteiger charge is 2.33. The quantitative estimate of drug-likeness (QED) is 0.778. The predicted molar refractivity (Wildman–Crippen MR) is 86.3 cm³/mol. The van der Waals surface area contributed by atoms with Crippen LogP contribution in [0.3, 0.4) is 0 Å². The molecular formula is C18H19NO3. The highest BCUT2D eigenvalue weighted by atomic mass is 16.5. The lowest BCUT2D eigenvalue weighted by Gasteiger charge is -2.34. The Morgan fingerprint density at radius 3 is 2.68 bits per heavy atom. The molecule has 4 nitrogen and oxygen atoms in total. The number of ether oxygens (including phenoxy) is 1. The van der Waals surface area contributed by atoms with Gasteiger partial charge in [-0.15, -0.1) is 0 Å². The molecule has 1 aliphatic heterocycles. The van der Waals surface area contributed by atoms with E-state index in [0.717, 1.165) is 24.2 Å². The normalized spacial score (nSPS) is 19.6. The zero-order chi connectivity index (χ0) is 15.2. The van der Waals surface area contributed by atoms with Crippen molar-refractivity contribution in [2.24, 2.45) is 0 Å². The number of aromatic amines is 1. The third-order valence-electron chi connectivity index (χ3n) is 4.81. The summed E-state index contributed by atoms with van der Waals surface area (Å²) < 4.78 is 6.34. The summed E-state index contributed by atoms with van der Waals surface area (Å²) in [7, 11) is 0. The molecule has 4 rings (SSSR count). The van der Waals surface area contributed by atoms with Gasteiger partial charge in [0.2, 0.25) is 0 Å². The van der Waals surface area contributed by atoms with Crippen molar-refractivity contribution in [3.05, 3.63) is 40.2 Å². The molecule has 0 saturated heterocycles. The molecule has 2 aromatic rings. The molecule has 0 radical (unpaired) electrons. The minimum Gasteiger partial charge on any atom is -0.507 e. The first-order valence-electron chi connectivity index (χ1n) is 7.94. The van der Waals surface area contributed by atoms with Crippen LogP contribution in [-0.4, -0.2) is 15.7 Å². The van der Waals surface area contributed by atoms with E-state index in [-0.39, 0.29) is 16.9 Å². The minimum absolute atomic E-state index is 0.00435. The molecule has 1 aliphatic carbocycles. The van der Waals surface area contributed by atoms with Crippen molar-refractivity contribution in [1.29, 1.82) is 0 Å². The Bertz CT molecular complexity index is 811. The van der Waals surface area contributed by atoms with Crippen LogP contribution in [0.25, 0.3) is 17.0 Å². The lowest BCUT2D eigenvalue weighted by Crippen LogP contribution is -2.35. The second-order valence-corrected chi connectivity index (χ2v) is 6.33. The summed E-state index contributed by atoms with van der Waals surface area (Å²) >= 11 is 0. The van der Waals surface area contributed by atoms with Crippen molar-refractivity contribution in [1.82, 2.24) is 4.98 Å². The SMILES string of the molecule is O=c1cc(O)c2ccc3c(c2[nH]1)C=CC1(CCCCCC1)O3. The summed E-state index contributed by atoms with van der Waals surface area (Å²) in [5.74, 6) is 0.794. The van der Waals surface area contributed by atoms with E-state index < -0.39 is 0 Å². The van der Waals surface area contributed by atoms with Gasteiger partial charge in [-0.3, -0.25) is 4.79 Å². The van der Waals surface area contributed by atoms with Crippen LogP contribution in [0.1, 0.15) is 44.1 Å². The van der Waals surface area contributed by atoms with Crippen LogP contribution in [0.4, 0.5) is 0 Å². The van der Waals surface area contributed by atoms with E-state index in [2.05, 4.69) is 11.1 Å². The summed E-state index contributed by atoms with van der Waals surface area (Å²) in [6.45, 7) is 0. The molecule has 4 heteroatoms. The smallest absolute Gasteiger partial charge is 0.252 e. The van der Waals surface area contributed by atoms with Crippen LogP contribution in [0, 0.1) is 0 Å². The van der Waals surface area contributed by atoms with E-state index in [9.17, 15) is 9.90 Å². The Balaban J connectivity index is 1.85. The van der Waals surface area contributed by atoms with Crippen molar-refractivity contribution in [2.45, 2.75) is 44.1 Å². The zero-order valence-electron chi connectivity index (χ0n) is 12.4. The first-order valence-corrected chi connectivity index (χ1v) is 7.94. The largest absolute Gasteiger partial charge is 0.507 e. The highest BCUT2D eigenvalue weighted by Crippen LogP contribution is 2.41. The van der Waals surface area contributed by atoms with E-state index in [0.29, 0.717) is 10.9 Å². The lowest BCUT2D eigenvalue weighted by atomic mass is 9.90. The number of rotatable bonds is 0. The molecule has 1 aromatic carbocycles. The molecule has 2 aliphatic rings. The fraction of sp³-hybridized carbons (Fsp3) is 0.389. The van der Waals surface area contributed by atoms with E-state index in [1.807, 2.05) is 18.2 Å². The topological polar surface area (TPSA) is 62.3 Å². The van der Waals surface area contributed by atoms with Gasteiger partial charge in [0.25, 0.3) is 5.56 Å². The number of aromatic hydroxyl groups is 1. The first kappa shape index (κ1) is 13.4. The maximum atomic E-state index is 11.7. The van der Waals surface area contributed by atoms with Gasteiger partial charge in [0.15, 0.2) is 0 Å². The molecule has 22 heavy (non-hydrogen) atoms. The van der Waals surface area contributed by atoms with Gasteiger partial charge >= 0.3 is 0 Å². The van der Waals surface area contributed by atoms with E-state index >= 15 is 0 Å². The van der Waals surface area contributed by atoms with Gasteiger partial charge in [0, 0.05) is 17.0 Å². The minimum atomic E-state index is -0.304. The number of H-pyrrole nitrogens is 1. The van der Waals surface area contributed by atoms with Crippen molar-refractivity contribution in [3.63, 3.8) is 0 Å². The van der Waals surface area contributed by atoms with Crippen LogP contribution in [-0.2, 0) is 0 Å². The van der Waals surface area contributed by atoms with Gasteiger partial charge in [-0.1, -0.05) is 12.8 Å². The molecular weight excluding hydrogens is 278 g/mol. The zero-order valence-corrected chi connectivity index (χ0v) is 12.4. The molecule has 2 heterocycles.